The number of hydrogen-bond acceptors (Lipinski definition) is 5. The lowest BCUT2D eigenvalue weighted by molar-refractivity contribution is 0.383. The van der Waals surface area contributed by atoms with Gasteiger partial charge in [-0.05, 0) is 52.7 Å². The third-order valence-corrected chi connectivity index (χ3v) is 8.11. The molecule has 2 aromatic carbocycles. The van der Waals surface area contributed by atoms with Crippen LogP contribution < -0.4 is 4.90 Å². The van der Waals surface area contributed by atoms with Gasteiger partial charge in [0, 0.05) is 37.1 Å². The van der Waals surface area contributed by atoms with Crippen LogP contribution in [0.3, 0.4) is 0 Å². The van der Waals surface area contributed by atoms with Gasteiger partial charge in [-0.1, -0.05) is 24.3 Å². The highest BCUT2D eigenvalue weighted by molar-refractivity contribution is 7.89. The average Bonchev–Trinajstić information content (AvgIpc) is 3.33. The fraction of sp³-hybridized carbons (Fsp3) is 0.174. The number of sulfonamides is 1. The van der Waals surface area contributed by atoms with Gasteiger partial charge in [0.1, 0.15) is 11.6 Å². The second kappa shape index (κ2) is 8.03. The molecule has 4 aromatic rings. The van der Waals surface area contributed by atoms with Gasteiger partial charge in [-0.25, -0.2) is 17.8 Å². The molecule has 8 heteroatoms. The number of fused-ring (bicyclic) bond motifs is 1. The van der Waals surface area contributed by atoms with Crippen molar-refractivity contribution in [1.29, 1.82) is 0 Å². The van der Waals surface area contributed by atoms with E-state index in [1.54, 1.807) is 11.3 Å². The van der Waals surface area contributed by atoms with Crippen LogP contribution in [0.1, 0.15) is 0 Å². The number of halogens is 1. The molecule has 1 aliphatic heterocycles. The first-order chi connectivity index (χ1) is 15.0. The molecule has 1 saturated heterocycles. The van der Waals surface area contributed by atoms with Gasteiger partial charge in [-0.3, -0.25) is 0 Å². The molecule has 0 aliphatic carbocycles. The fourth-order valence-electron chi connectivity index (χ4n) is 3.90. The molecule has 31 heavy (non-hydrogen) atoms. The Labute approximate surface area is 184 Å². The third kappa shape index (κ3) is 3.82. The predicted octanol–water partition coefficient (Wildman–Crippen LogP) is 4.61. The summed E-state index contributed by atoms with van der Waals surface area (Å²) in [6, 6.07) is 17.4. The second-order valence-electron chi connectivity index (χ2n) is 7.41. The van der Waals surface area contributed by atoms with Crippen molar-refractivity contribution in [2.75, 3.05) is 31.1 Å². The molecule has 5 nitrogen and oxygen atoms in total. The van der Waals surface area contributed by atoms with E-state index in [1.165, 1.54) is 22.5 Å². The van der Waals surface area contributed by atoms with Gasteiger partial charge in [0.25, 0.3) is 0 Å². The van der Waals surface area contributed by atoms with Crippen LogP contribution in [-0.2, 0) is 10.0 Å². The number of pyridine rings is 1. The Morgan fingerprint density at radius 1 is 0.935 bits per heavy atom. The van der Waals surface area contributed by atoms with Crippen LogP contribution in [0.4, 0.5) is 10.2 Å². The van der Waals surface area contributed by atoms with E-state index in [-0.39, 0.29) is 4.90 Å². The molecule has 0 N–H and O–H groups in total. The summed E-state index contributed by atoms with van der Waals surface area (Å²) < 4.78 is 40.6. The van der Waals surface area contributed by atoms with Crippen molar-refractivity contribution >= 4 is 38.1 Å². The number of benzene rings is 2. The first-order valence-electron chi connectivity index (χ1n) is 9.95. The van der Waals surface area contributed by atoms with Gasteiger partial charge >= 0.3 is 0 Å². The van der Waals surface area contributed by atoms with E-state index in [4.69, 9.17) is 4.98 Å². The molecule has 5 rings (SSSR count). The molecule has 0 saturated carbocycles. The third-order valence-electron chi connectivity index (χ3n) is 5.53. The smallest absolute Gasteiger partial charge is 0.243 e. The van der Waals surface area contributed by atoms with Crippen LogP contribution >= 0.6 is 11.3 Å². The Hall–Kier alpha value is -2.81. The number of piperazine rings is 1. The second-order valence-corrected chi connectivity index (χ2v) is 10.1. The minimum Gasteiger partial charge on any atom is -0.354 e. The zero-order chi connectivity index (χ0) is 21.4. The van der Waals surface area contributed by atoms with E-state index in [2.05, 4.69) is 33.9 Å². The summed E-state index contributed by atoms with van der Waals surface area (Å²) in [5.41, 5.74) is 3.17. The van der Waals surface area contributed by atoms with Crippen LogP contribution in [0.2, 0.25) is 0 Å². The van der Waals surface area contributed by atoms with Crippen molar-refractivity contribution in [3.63, 3.8) is 0 Å². The maximum Gasteiger partial charge on any atom is 0.243 e. The highest BCUT2D eigenvalue weighted by atomic mass is 32.2. The van der Waals surface area contributed by atoms with Crippen molar-refractivity contribution in [3.8, 4) is 11.1 Å². The van der Waals surface area contributed by atoms with Gasteiger partial charge in [-0.2, -0.15) is 15.6 Å². The van der Waals surface area contributed by atoms with Gasteiger partial charge < -0.3 is 4.90 Å². The van der Waals surface area contributed by atoms with Crippen molar-refractivity contribution in [3.05, 3.63) is 77.2 Å². The quantitative estimate of drug-likeness (QED) is 0.453. The summed E-state index contributed by atoms with van der Waals surface area (Å²) >= 11 is 1.65. The molecule has 1 fully saturated rings. The Kier molecular flexibility index (Phi) is 5.21. The molecule has 3 heterocycles. The molecular weight excluding hydrogens is 433 g/mol. The van der Waals surface area contributed by atoms with E-state index < -0.39 is 15.8 Å². The lowest BCUT2D eigenvalue weighted by Gasteiger charge is -2.34. The minimum atomic E-state index is -3.71. The number of rotatable bonds is 4. The van der Waals surface area contributed by atoms with E-state index in [0.29, 0.717) is 26.2 Å². The van der Waals surface area contributed by atoms with Gasteiger partial charge in [0.05, 0.1) is 10.4 Å². The van der Waals surface area contributed by atoms with Crippen LogP contribution in [0.15, 0.2) is 76.3 Å². The summed E-state index contributed by atoms with van der Waals surface area (Å²) in [6.45, 7) is 1.69. The maximum absolute atomic E-state index is 13.5. The van der Waals surface area contributed by atoms with Gasteiger partial charge in [-0.15, -0.1) is 0 Å². The molecule has 2 aromatic heterocycles. The molecular formula is C23H20FN3O2S2. The highest BCUT2D eigenvalue weighted by Gasteiger charge is 2.29. The summed E-state index contributed by atoms with van der Waals surface area (Å²) in [5.74, 6) is 0.277. The lowest BCUT2D eigenvalue weighted by atomic mass is 10.0. The van der Waals surface area contributed by atoms with Crippen molar-refractivity contribution in [2.45, 2.75) is 4.90 Å². The van der Waals surface area contributed by atoms with E-state index >= 15 is 0 Å². The SMILES string of the molecule is O=S(=O)(c1cccc(F)c1)N1CCN(c2ccc3cccc(-c4ccsc4)c3n2)CC1. The molecule has 0 atom stereocenters. The van der Waals surface area contributed by atoms with E-state index in [9.17, 15) is 12.8 Å². The monoisotopic (exact) mass is 453 g/mol. The summed E-state index contributed by atoms with van der Waals surface area (Å²) in [6.07, 6.45) is 0. The number of para-hydroxylation sites is 1. The topological polar surface area (TPSA) is 53.5 Å². The number of anilines is 1. The Morgan fingerprint density at radius 2 is 1.74 bits per heavy atom. The molecule has 0 bridgehead atoms. The Balaban J connectivity index is 1.39. The minimum absolute atomic E-state index is 0.00909. The number of hydrogen-bond donors (Lipinski definition) is 0. The Bertz CT molecular complexity index is 1330. The first-order valence-corrected chi connectivity index (χ1v) is 12.3. The zero-order valence-corrected chi connectivity index (χ0v) is 18.2. The van der Waals surface area contributed by atoms with Crippen molar-refractivity contribution in [1.82, 2.24) is 9.29 Å². The number of thiophene rings is 1. The maximum atomic E-state index is 13.5. The summed E-state index contributed by atoms with van der Waals surface area (Å²) in [4.78, 5) is 7.01. The molecule has 0 radical (unpaired) electrons. The van der Waals surface area contributed by atoms with Crippen LogP contribution in [-0.4, -0.2) is 43.9 Å². The van der Waals surface area contributed by atoms with Crippen LogP contribution in [0.25, 0.3) is 22.0 Å². The predicted molar refractivity (Wildman–Crippen MR) is 122 cm³/mol. The van der Waals surface area contributed by atoms with Crippen molar-refractivity contribution < 1.29 is 12.8 Å². The highest BCUT2D eigenvalue weighted by Crippen LogP contribution is 2.31. The average molecular weight is 454 g/mol. The molecule has 0 spiro atoms. The largest absolute Gasteiger partial charge is 0.354 e. The summed E-state index contributed by atoms with van der Waals surface area (Å²) in [5, 5.41) is 5.23. The Morgan fingerprint density at radius 3 is 2.48 bits per heavy atom. The molecule has 158 valence electrons. The first kappa shape index (κ1) is 20.1. The summed E-state index contributed by atoms with van der Waals surface area (Å²) in [7, 11) is -3.71. The van der Waals surface area contributed by atoms with Gasteiger partial charge in [0.15, 0.2) is 0 Å². The van der Waals surface area contributed by atoms with Gasteiger partial charge in [0.2, 0.25) is 10.0 Å². The molecule has 0 amide bonds. The molecule has 0 unspecified atom stereocenters. The standard InChI is InChI=1S/C23H20FN3O2S2/c24-19-4-2-5-20(15-19)31(28,29)27-12-10-26(11-13-27)22-8-7-17-3-1-6-21(23(17)25-22)18-9-14-30-16-18/h1-9,14-16H,10-13H2. The molecule has 1 aliphatic rings. The van der Waals surface area contributed by atoms with Crippen molar-refractivity contribution in [2.24, 2.45) is 0 Å². The zero-order valence-electron chi connectivity index (χ0n) is 16.6. The van der Waals surface area contributed by atoms with Crippen LogP contribution in [0, 0.1) is 5.82 Å². The van der Waals surface area contributed by atoms with Crippen LogP contribution in [0.5, 0.6) is 0 Å². The number of aromatic nitrogens is 1. The lowest BCUT2D eigenvalue weighted by Crippen LogP contribution is -2.48. The normalized spacial score (nSPS) is 15.5. The van der Waals surface area contributed by atoms with E-state index in [0.717, 1.165) is 33.9 Å². The number of nitrogens with zero attached hydrogens (tertiary/aromatic N) is 3. The van der Waals surface area contributed by atoms with E-state index in [1.807, 2.05) is 18.2 Å². The fourth-order valence-corrected chi connectivity index (χ4v) is 6.01.